The predicted molar refractivity (Wildman–Crippen MR) is 125 cm³/mol. The molecule has 0 radical (unpaired) electrons. The largest absolute Gasteiger partial charge is 0.378 e. The number of amides is 1. The van der Waals surface area contributed by atoms with Crippen LogP contribution in [0.5, 0.6) is 0 Å². The van der Waals surface area contributed by atoms with Gasteiger partial charge in [-0.25, -0.2) is 4.98 Å². The van der Waals surface area contributed by atoms with Gasteiger partial charge in [-0.2, -0.15) is 0 Å². The Morgan fingerprint density at radius 2 is 1.84 bits per heavy atom. The average Bonchev–Trinajstić information content (AvgIpc) is 2.84. The van der Waals surface area contributed by atoms with Crippen LogP contribution in [0, 0.1) is 0 Å². The second kappa shape index (κ2) is 9.12. The molecule has 1 aliphatic carbocycles. The van der Waals surface area contributed by atoms with Crippen LogP contribution in [0.4, 0.5) is 11.5 Å². The summed E-state index contributed by atoms with van der Waals surface area (Å²) in [5.74, 6) is 0.356. The standard InChI is InChI=1S/C25H28N4O3/c30-23(26-20-10-5-7-18-6-1-2-8-19(18)20)12-13-29-22-11-4-3-9-21(22)27-24(25(29)31)28-14-16-32-17-15-28/h3-5,7,9-11H,1-2,6,8,12-17H2,(H,26,30). The lowest BCUT2D eigenvalue weighted by Crippen LogP contribution is -2.41. The molecule has 32 heavy (non-hydrogen) atoms. The zero-order chi connectivity index (χ0) is 21.9. The summed E-state index contributed by atoms with van der Waals surface area (Å²) in [5, 5.41) is 3.09. The molecule has 166 valence electrons. The van der Waals surface area contributed by atoms with Gasteiger partial charge in [-0.15, -0.1) is 0 Å². The third-order valence-electron chi connectivity index (χ3n) is 6.38. The third-order valence-corrected chi connectivity index (χ3v) is 6.38. The van der Waals surface area contributed by atoms with Crippen molar-refractivity contribution in [2.45, 2.75) is 38.6 Å². The smallest absolute Gasteiger partial charge is 0.294 e. The van der Waals surface area contributed by atoms with E-state index < -0.39 is 0 Å². The van der Waals surface area contributed by atoms with Crippen LogP contribution in [-0.4, -0.2) is 41.8 Å². The highest BCUT2D eigenvalue weighted by Gasteiger charge is 2.20. The van der Waals surface area contributed by atoms with Gasteiger partial charge in [-0.05, 0) is 55.0 Å². The molecule has 7 heteroatoms. The molecule has 7 nitrogen and oxygen atoms in total. The number of carbonyl (C=O) groups is 1. The first-order valence-electron chi connectivity index (χ1n) is 11.4. The van der Waals surface area contributed by atoms with E-state index in [0.717, 1.165) is 36.0 Å². The molecule has 2 aliphatic rings. The number of anilines is 2. The first kappa shape index (κ1) is 20.7. The molecule has 0 spiro atoms. The van der Waals surface area contributed by atoms with Gasteiger partial charge in [0, 0.05) is 31.7 Å². The van der Waals surface area contributed by atoms with Gasteiger partial charge >= 0.3 is 0 Å². The Morgan fingerprint density at radius 3 is 2.72 bits per heavy atom. The molecule has 2 heterocycles. The maximum Gasteiger partial charge on any atom is 0.294 e. The van der Waals surface area contributed by atoms with Gasteiger partial charge in [0.1, 0.15) is 0 Å². The van der Waals surface area contributed by atoms with Crippen LogP contribution in [-0.2, 0) is 28.9 Å². The Kier molecular flexibility index (Phi) is 5.90. The minimum absolute atomic E-state index is 0.0790. The summed E-state index contributed by atoms with van der Waals surface area (Å²) >= 11 is 0. The molecule has 1 saturated heterocycles. The number of hydrogen-bond donors (Lipinski definition) is 1. The van der Waals surface area contributed by atoms with Crippen molar-refractivity contribution in [3.05, 3.63) is 63.9 Å². The molecule has 1 fully saturated rings. The van der Waals surface area contributed by atoms with E-state index in [4.69, 9.17) is 4.74 Å². The first-order chi connectivity index (χ1) is 15.7. The highest BCUT2D eigenvalue weighted by Crippen LogP contribution is 2.28. The number of carbonyl (C=O) groups excluding carboxylic acids is 1. The van der Waals surface area contributed by atoms with Crippen LogP contribution in [0.3, 0.4) is 0 Å². The van der Waals surface area contributed by atoms with Gasteiger partial charge in [0.2, 0.25) is 5.91 Å². The van der Waals surface area contributed by atoms with Gasteiger partial charge in [0.25, 0.3) is 5.56 Å². The normalized spacial score (nSPS) is 16.1. The predicted octanol–water partition coefficient (Wildman–Crippen LogP) is 3.14. The summed E-state index contributed by atoms with van der Waals surface area (Å²) in [7, 11) is 0. The number of hydrogen-bond acceptors (Lipinski definition) is 5. The number of nitrogens with zero attached hydrogens (tertiary/aromatic N) is 3. The van der Waals surface area contributed by atoms with E-state index in [-0.39, 0.29) is 17.9 Å². The van der Waals surface area contributed by atoms with Gasteiger partial charge in [-0.3, -0.25) is 9.59 Å². The molecule has 1 N–H and O–H groups in total. The summed E-state index contributed by atoms with van der Waals surface area (Å²) in [6.45, 7) is 2.75. The third kappa shape index (κ3) is 4.12. The summed E-state index contributed by atoms with van der Waals surface area (Å²) in [4.78, 5) is 32.8. The molecule has 3 aromatic rings. The molecule has 1 aromatic heterocycles. The van der Waals surface area contributed by atoms with Crippen LogP contribution >= 0.6 is 0 Å². The SMILES string of the molecule is O=C(CCn1c(=O)c(N2CCOCC2)nc2ccccc21)Nc1cccc2c1CCCC2. The van der Waals surface area contributed by atoms with Crippen LogP contribution in [0.1, 0.15) is 30.4 Å². The van der Waals surface area contributed by atoms with E-state index in [1.807, 2.05) is 41.3 Å². The van der Waals surface area contributed by atoms with Crippen LogP contribution < -0.4 is 15.8 Å². The lowest BCUT2D eigenvalue weighted by molar-refractivity contribution is -0.116. The lowest BCUT2D eigenvalue weighted by Gasteiger charge is -2.28. The number of nitrogens with one attached hydrogen (secondary N) is 1. The molecule has 1 aliphatic heterocycles. The zero-order valence-corrected chi connectivity index (χ0v) is 18.2. The van der Waals surface area contributed by atoms with Gasteiger partial charge in [0.05, 0.1) is 24.2 Å². The maximum absolute atomic E-state index is 13.3. The summed E-state index contributed by atoms with van der Waals surface area (Å²) in [6.07, 6.45) is 4.65. The molecule has 2 aromatic carbocycles. The van der Waals surface area contributed by atoms with Crippen LogP contribution in [0.2, 0.25) is 0 Å². The van der Waals surface area contributed by atoms with E-state index in [1.54, 1.807) is 4.57 Å². The highest BCUT2D eigenvalue weighted by molar-refractivity contribution is 5.91. The minimum atomic E-state index is -0.157. The van der Waals surface area contributed by atoms with E-state index >= 15 is 0 Å². The first-order valence-corrected chi connectivity index (χ1v) is 11.4. The highest BCUT2D eigenvalue weighted by atomic mass is 16.5. The van der Waals surface area contributed by atoms with Crippen molar-refractivity contribution in [3.8, 4) is 0 Å². The van der Waals surface area contributed by atoms with Gasteiger partial charge in [0.15, 0.2) is 5.82 Å². The van der Waals surface area contributed by atoms with Crippen molar-refractivity contribution in [1.82, 2.24) is 9.55 Å². The van der Waals surface area contributed by atoms with Crippen molar-refractivity contribution in [3.63, 3.8) is 0 Å². The second-order valence-corrected chi connectivity index (χ2v) is 8.43. The molecular formula is C25H28N4O3. The number of benzene rings is 2. The minimum Gasteiger partial charge on any atom is -0.378 e. The number of fused-ring (bicyclic) bond motifs is 2. The topological polar surface area (TPSA) is 76.5 Å². The monoisotopic (exact) mass is 432 g/mol. The fourth-order valence-corrected chi connectivity index (χ4v) is 4.71. The molecule has 0 atom stereocenters. The Bertz CT molecular complexity index is 1200. The molecule has 1 amide bonds. The number of rotatable bonds is 5. The number of ether oxygens (including phenoxy) is 1. The number of morpholine rings is 1. The quantitative estimate of drug-likeness (QED) is 0.670. The van der Waals surface area contributed by atoms with Gasteiger partial charge in [-0.1, -0.05) is 24.3 Å². The zero-order valence-electron chi connectivity index (χ0n) is 18.2. The Labute approximate surface area is 187 Å². The molecule has 0 saturated carbocycles. The van der Waals surface area contributed by atoms with Crippen molar-refractivity contribution in [1.29, 1.82) is 0 Å². The fourth-order valence-electron chi connectivity index (χ4n) is 4.71. The van der Waals surface area contributed by atoms with E-state index in [9.17, 15) is 9.59 Å². The lowest BCUT2D eigenvalue weighted by atomic mass is 9.90. The van der Waals surface area contributed by atoms with E-state index in [2.05, 4.69) is 16.4 Å². The summed E-state index contributed by atoms with van der Waals surface area (Å²) in [5.41, 5.74) is 4.85. The second-order valence-electron chi connectivity index (χ2n) is 8.43. The number of aromatic nitrogens is 2. The fraction of sp³-hybridized carbons (Fsp3) is 0.400. The Hall–Kier alpha value is -3.19. The summed E-state index contributed by atoms with van der Waals surface area (Å²) < 4.78 is 7.11. The van der Waals surface area contributed by atoms with E-state index in [1.165, 1.54) is 17.5 Å². The molecular weight excluding hydrogens is 404 g/mol. The van der Waals surface area contributed by atoms with E-state index in [0.29, 0.717) is 38.7 Å². The van der Waals surface area contributed by atoms with Crippen LogP contribution in [0.25, 0.3) is 11.0 Å². The van der Waals surface area contributed by atoms with Gasteiger partial charge < -0.3 is 19.5 Å². The number of para-hydroxylation sites is 2. The average molecular weight is 433 g/mol. The Morgan fingerprint density at radius 1 is 1.03 bits per heavy atom. The Balaban J connectivity index is 1.39. The molecule has 0 unspecified atom stereocenters. The maximum atomic E-state index is 13.3. The summed E-state index contributed by atoms with van der Waals surface area (Å²) in [6, 6.07) is 13.7. The van der Waals surface area contributed by atoms with Crippen molar-refractivity contribution in [2.75, 3.05) is 36.5 Å². The molecule has 5 rings (SSSR count). The van der Waals surface area contributed by atoms with Crippen LogP contribution in [0.15, 0.2) is 47.3 Å². The van der Waals surface area contributed by atoms with Crippen molar-refractivity contribution in [2.24, 2.45) is 0 Å². The number of aryl methyl sites for hydroxylation is 2. The molecule has 0 bridgehead atoms. The van der Waals surface area contributed by atoms with Crippen molar-refractivity contribution < 1.29 is 9.53 Å². The van der Waals surface area contributed by atoms with Crippen molar-refractivity contribution >= 4 is 28.4 Å².